The van der Waals surface area contributed by atoms with Gasteiger partial charge < -0.3 is 14.8 Å². The van der Waals surface area contributed by atoms with E-state index >= 15 is 0 Å². The Morgan fingerprint density at radius 3 is 2.95 bits per heavy atom. The van der Waals surface area contributed by atoms with E-state index in [2.05, 4.69) is 44.3 Å². The standard InChI is InChI=1S/C16H23BrN2O2/c17-13-3-4-14-15(2-1-9-21-16(14)12-13)18-5-6-19-7-10-20-11-8-19/h3-4,12,15,18H,1-2,5-11H2. The Morgan fingerprint density at radius 1 is 1.24 bits per heavy atom. The maximum Gasteiger partial charge on any atom is 0.125 e. The molecule has 0 spiro atoms. The predicted molar refractivity (Wildman–Crippen MR) is 86.9 cm³/mol. The molecule has 116 valence electrons. The van der Waals surface area contributed by atoms with Crippen LogP contribution in [0, 0.1) is 0 Å². The Hall–Kier alpha value is -0.620. The number of nitrogens with one attached hydrogen (secondary N) is 1. The first-order valence-corrected chi connectivity index (χ1v) is 8.58. The summed E-state index contributed by atoms with van der Waals surface area (Å²) < 4.78 is 12.3. The monoisotopic (exact) mass is 354 g/mol. The van der Waals surface area contributed by atoms with Crippen LogP contribution >= 0.6 is 15.9 Å². The Labute approximate surface area is 134 Å². The second kappa shape index (κ2) is 7.58. The summed E-state index contributed by atoms with van der Waals surface area (Å²) in [5.74, 6) is 1.02. The van der Waals surface area contributed by atoms with Gasteiger partial charge in [0, 0.05) is 42.3 Å². The molecule has 4 nitrogen and oxygen atoms in total. The van der Waals surface area contributed by atoms with Crippen molar-refractivity contribution in [3.63, 3.8) is 0 Å². The fraction of sp³-hybridized carbons (Fsp3) is 0.625. The van der Waals surface area contributed by atoms with Gasteiger partial charge in [0.15, 0.2) is 0 Å². The van der Waals surface area contributed by atoms with Gasteiger partial charge in [0.2, 0.25) is 0 Å². The topological polar surface area (TPSA) is 33.7 Å². The largest absolute Gasteiger partial charge is 0.493 e. The molecule has 0 aliphatic carbocycles. The number of ether oxygens (including phenoxy) is 2. The van der Waals surface area contributed by atoms with Gasteiger partial charge in [-0.1, -0.05) is 22.0 Å². The highest BCUT2D eigenvalue weighted by Crippen LogP contribution is 2.33. The number of rotatable bonds is 4. The van der Waals surface area contributed by atoms with E-state index in [1.165, 1.54) is 5.56 Å². The molecule has 0 amide bonds. The van der Waals surface area contributed by atoms with Crippen LogP contribution in [0.2, 0.25) is 0 Å². The van der Waals surface area contributed by atoms with Crippen molar-refractivity contribution in [3.8, 4) is 5.75 Å². The molecule has 1 N–H and O–H groups in total. The summed E-state index contributed by atoms with van der Waals surface area (Å²) >= 11 is 3.52. The zero-order valence-corrected chi connectivity index (χ0v) is 13.9. The van der Waals surface area contributed by atoms with Gasteiger partial charge >= 0.3 is 0 Å². The summed E-state index contributed by atoms with van der Waals surface area (Å²) in [5.41, 5.74) is 1.29. The average molecular weight is 355 g/mol. The van der Waals surface area contributed by atoms with Crippen LogP contribution in [-0.4, -0.2) is 50.9 Å². The van der Waals surface area contributed by atoms with E-state index < -0.39 is 0 Å². The molecule has 0 aromatic heterocycles. The number of hydrogen-bond acceptors (Lipinski definition) is 4. The summed E-state index contributed by atoms with van der Waals surface area (Å²) in [7, 11) is 0. The van der Waals surface area contributed by atoms with Gasteiger partial charge in [-0.3, -0.25) is 4.90 Å². The molecule has 1 aromatic rings. The minimum absolute atomic E-state index is 0.400. The van der Waals surface area contributed by atoms with Crippen LogP contribution in [0.4, 0.5) is 0 Å². The first-order chi connectivity index (χ1) is 10.3. The molecule has 0 saturated carbocycles. The SMILES string of the molecule is Brc1ccc2c(c1)OCCCC2NCCN1CCOCC1. The lowest BCUT2D eigenvalue weighted by atomic mass is 10.0. The number of fused-ring (bicyclic) bond motifs is 1. The Kier molecular flexibility index (Phi) is 5.52. The lowest BCUT2D eigenvalue weighted by Crippen LogP contribution is -2.40. The Morgan fingerprint density at radius 2 is 2.10 bits per heavy atom. The molecule has 1 atom stereocenters. The highest BCUT2D eigenvalue weighted by molar-refractivity contribution is 9.10. The van der Waals surface area contributed by atoms with E-state index in [0.29, 0.717) is 6.04 Å². The second-order valence-electron chi connectivity index (χ2n) is 5.63. The zero-order chi connectivity index (χ0) is 14.5. The van der Waals surface area contributed by atoms with Gasteiger partial charge in [0.05, 0.1) is 19.8 Å². The summed E-state index contributed by atoms with van der Waals surface area (Å²) in [5, 5.41) is 3.71. The quantitative estimate of drug-likeness (QED) is 0.900. The van der Waals surface area contributed by atoms with E-state index in [1.54, 1.807) is 0 Å². The van der Waals surface area contributed by atoms with Crippen molar-refractivity contribution >= 4 is 15.9 Å². The molecule has 1 aromatic carbocycles. The van der Waals surface area contributed by atoms with Crippen molar-refractivity contribution in [3.05, 3.63) is 28.2 Å². The maximum absolute atomic E-state index is 5.86. The minimum Gasteiger partial charge on any atom is -0.493 e. The van der Waals surface area contributed by atoms with Crippen LogP contribution in [0.15, 0.2) is 22.7 Å². The molecular formula is C16H23BrN2O2. The van der Waals surface area contributed by atoms with Gasteiger partial charge in [-0.25, -0.2) is 0 Å². The lowest BCUT2D eigenvalue weighted by Gasteiger charge is -2.27. The van der Waals surface area contributed by atoms with Crippen LogP contribution in [0.25, 0.3) is 0 Å². The molecule has 21 heavy (non-hydrogen) atoms. The van der Waals surface area contributed by atoms with Crippen LogP contribution < -0.4 is 10.1 Å². The fourth-order valence-corrected chi connectivity index (χ4v) is 3.32. The molecule has 3 rings (SSSR count). The highest BCUT2D eigenvalue weighted by atomic mass is 79.9. The van der Waals surface area contributed by atoms with E-state index in [1.807, 2.05) is 0 Å². The molecule has 0 radical (unpaired) electrons. The smallest absolute Gasteiger partial charge is 0.125 e. The highest BCUT2D eigenvalue weighted by Gasteiger charge is 2.20. The minimum atomic E-state index is 0.400. The van der Waals surface area contributed by atoms with E-state index in [-0.39, 0.29) is 0 Å². The fourth-order valence-electron chi connectivity index (χ4n) is 2.98. The first-order valence-electron chi connectivity index (χ1n) is 7.79. The summed E-state index contributed by atoms with van der Waals surface area (Å²) in [6.07, 6.45) is 2.24. The predicted octanol–water partition coefficient (Wildman–Crippen LogP) is 2.58. The third-order valence-corrected chi connectivity index (χ3v) is 4.66. The molecule has 1 fully saturated rings. The molecule has 2 aliphatic rings. The maximum atomic E-state index is 5.86. The normalized spacial score (nSPS) is 23.2. The van der Waals surface area contributed by atoms with Crippen LogP contribution in [0.5, 0.6) is 5.75 Å². The van der Waals surface area contributed by atoms with Crippen molar-refractivity contribution in [2.24, 2.45) is 0 Å². The van der Waals surface area contributed by atoms with Crippen molar-refractivity contribution in [2.45, 2.75) is 18.9 Å². The van der Waals surface area contributed by atoms with Crippen LogP contribution in [0.1, 0.15) is 24.4 Å². The van der Waals surface area contributed by atoms with E-state index in [4.69, 9.17) is 9.47 Å². The Bertz CT molecular complexity index is 464. The van der Waals surface area contributed by atoms with E-state index in [9.17, 15) is 0 Å². The van der Waals surface area contributed by atoms with Crippen LogP contribution in [-0.2, 0) is 4.74 Å². The molecule has 1 saturated heterocycles. The van der Waals surface area contributed by atoms with Crippen molar-refractivity contribution in [1.82, 2.24) is 10.2 Å². The van der Waals surface area contributed by atoms with Crippen LogP contribution in [0.3, 0.4) is 0 Å². The average Bonchev–Trinajstić information content (AvgIpc) is 2.70. The van der Waals surface area contributed by atoms with Crippen molar-refractivity contribution < 1.29 is 9.47 Å². The summed E-state index contributed by atoms with van der Waals surface area (Å²) in [4.78, 5) is 2.46. The van der Waals surface area contributed by atoms with Gasteiger partial charge in [-0.05, 0) is 25.0 Å². The Balaban J connectivity index is 1.57. The molecule has 1 unspecified atom stereocenters. The number of morpholine rings is 1. The molecular weight excluding hydrogens is 332 g/mol. The summed E-state index contributed by atoms with van der Waals surface area (Å²) in [6, 6.07) is 6.76. The lowest BCUT2D eigenvalue weighted by molar-refractivity contribution is 0.0381. The molecule has 2 heterocycles. The third kappa shape index (κ3) is 4.19. The second-order valence-corrected chi connectivity index (χ2v) is 6.55. The van der Waals surface area contributed by atoms with E-state index in [0.717, 1.165) is 69.1 Å². The molecule has 2 aliphatic heterocycles. The van der Waals surface area contributed by atoms with Gasteiger partial charge in [0.25, 0.3) is 0 Å². The van der Waals surface area contributed by atoms with Gasteiger partial charge in [0.1, 0.15) is 5.75 Å². The molecule has 5 heteroatoms. The van der Waals surface area contributed by atoms with Gasteiger partial charge in [-0.15, -0.1) is 0 Å². The molecule has 0 bridgehead atoms. The van der Waals surface area contributed by atoms with Crippen molar-refractivity contribution in [2.75, 3.05) is 46.0 Å². The van der Waals surface area contributed by atoms with Crippen molar-refractivity contribution in [1.29, 1.82) is 0 Å². The number of halogens is 1. The zero-order valence-electron chi connectivity index (χ0n) is 12.3. The summed E-state index contributed by atoms with van der Waals surface area (Å²) in [6.45, 7) is 6.76. The first kappa shape index (κ1) is 15.3. The number of nitrogens with zero attached hydrogens (tertiary/aromatic N) is 1. The number of hydrogen-bond donors (Lipinski definition) is 1. The number of benzene rings is 1. The third-order valence-electron chi connectivity index (χ3n) is 4.17. The van der Waals surface area contributed by atoms with Gasteiger partial charge in [-0.2, -0.15) is 0 Å².